The lowest BCUT2D eigenvalue weighted by atomic mass is 10.1. The highest BCUT2D eigenvalue weighted by Crippen LogP contribution is 2.13. The molecule has 0 radical (unpaired) electrons. The Hall–Kier alpha value is -2.62. The normalized spacial score (nSPS) is 10.2. The molecule has 0 fully saturated rings. The Kier molecular flexibility index (Phi) is 5.31. The summed E-state index contributed by atoms with van der Waals surface area (Å²) in [5.74, 6) is -1.77. The van der Waals surface area contributed by atoms with Crippen LogP contribution in [0.2, 0.25) is 0 Å². The van der Waals surface area contributed by atoms with Crippen molar-refractivity contribution in [2.24, 2.45) is 0 Å². The molecule has 114 valence electrons. The molecule has 0 spiro atoms. The van der Waals surface area contributed by atoms with Gasteiger partial charge in [0.1, 0.15) is 6.61 Å². The highest BCUT2D eigenvalue weighted by molar-refractivity contribution is 6.02. The number of rotatable bonds is 6. The number of esters is 1. The third-order valence-electron chi connectivity index (χ3n) is 3.31. The Bertz CT molecular complexity index is 659. The predicted molar refractivity (Wildman–Crippen MR) is 83.0 cm³/mol. The fourth-order valence-corrected chi connectivity index (χ4v) is 2.17. The van der Waals surface area contributed by atoms with Gasteiger partial charge < -0.3 is 9.84 Å². The molecule has 1 N–H and O–H groups in total. The number of carbonyl (C=O) groups excluding carboxylic acids is 1. The summed E-state index contributed by atoms with van der Waals surface area (Å²) < 4.78 is 5.20. The summed E-state index contributed by atoms with van der Waals surface area (Å²) in [7, 11) is 0. The minimum atomic E-state index is -1.14. The van der Waals surface area contributed by atoms with Crippen LogP contribution in [0.4, 0.5) is 0 Å². The number of aryl methyl sites for hydroxylation is 1. The van der Waals surface area contributed by atoms with Crippen LogP contribution in [0.15, 0.2) is 48.5 Å². The summed E-state index contributed by atoms with van der Waals surface area (Å²) in [5.41, 5.74) is 2.14. The average molecular weight is 298 g/mol. The first kappa shape index (κ1) is 15.8. The van der Waals surface area contributed by atoms with Crippen molar-refractivity contribution in [2.45, 2.75) is 26.4 Å². The van der Waals surface area contributed by atoms with E-state index in [-0.39, 0.29) is 17.7 Å². The van der Waals surface area contributed by atoms with E-state index in [1.165, 1.54) is 17.7 Å². The molecule has 0 heterocycles. The van der Waals surface area contributed by atoms with Crippen LogP contribution in [-0.2, 0) is 17.8 Å². The molecule has 2 aromatic carbocycles. The summed E-state index contributed by atoms with van der Waals surface area (Å²) in [6.45, 7) is 2.24. The number of carboxylic acids is 1. The summed E-state index contributed by atoms with van der Waals surface area (Å²) in [4.78, 5) is 23.1. The van der Waals surface area contributed by atoms with Crippen molar-refractivity contribution in [3.8, 4) is 0 Å². The van der Waals surface area contributed by atoms with Crippen molar-refractivity contribution >= 4 is 11.9 Å². The van der Waals surface area contributed by atoms with E-state index in [1.54, 1.807) is 12.1 Å². The molecule has 0 unspecified atom stereocenters. The second-order valence-electron chi connectivity index (χ2n) is 4.99. The predicted octanol–water partition coefficient (Wildman–Crippen LogP) is 3.69. The Morgan fingerprint density at radius 1 is 0.955 bits per heavy atom. The maximum absolute atomic E-state index is 12.0. The maximum Gasteiger partial charge on any atom is 0.339 e. The molecule has 4 heteroatoms. The zero-order valence-corrected chi connectivity index (χ0v) is 12.4. The topological polar surface area (TPSA) is 63.6 Å². The number of benzene rings is 2. The SMILES string of the molecule is CCCc1ccc(COC(=O)c2ccccc2C(=O)O)cc1. The molecule has 0 atom stereocenters. The van der Waals surface area contributed by atoms with Gasteiger partial charge in [-0.3, -0.25) is 0 Å². The fraction of sp³-hybridized carbons (Fsp3) is 0.222. The van der Waals surface area contributed by atoms with Crippen LogP contribution in [-0.4, -0.2) is 17.0 Å². The van der Waals surface area contributed by atoms with Gasteiger partial charge in [0.05, 0.1) is 11.1 Å². The highest BCUT2D eigenvalue weighted by atomic mass is 16.5. The van der Waals surface area contributed by atoms with Crippen LogP contribution in [0.25, 0.3) is 0 Å². The second kappa shape index (κ2) is 7.41. The number of ether oxygens (including phenoxy) is 1. The number of aromatic carboxylic acids is 1. The Labute approximate surface area is 129 Å². The van der Waals surface area contributed by atoms with Gasteiger partial charge in [0, 0.05) is 0 Å². The van der Waals surface area contributed by atoms with Crippen LogP contribution in [0.5, 0.6) is 0 Å². The first-order valence-electron chi connectivity index (χ1n) is 7.19. The molecule has 0 aliphatic rings. The number of carboxylic acid groups (broad SMARTS) is 1. The monoisotopic (exact) mass is 298 g/mol. The standard InChI is InChI=1S/C18H18O4/c1-2-5-13-8-10-14(11-9-13)12-22-18(21)16-7-4-3-6-15(16)17(19)20/h3-4,6-11H,2,5,12H2,1H3,(H,19,20). The van der Waals surface area contributed by atoms with Crippen LogP contribution in [0, 0.1) is 0 Å². The lowest BCUT2D eigenvalue weighted by Gasteiger charge is -2.08. The van der Waals surface area contributed by atoms with Crippen molar-refractivity contribution in [3.05, 3.63) is 70.8 Å². The van der Waals surface area contributed by atoms with Crippen LogP contribution < -0.4 is 0 Å². The molecule has 0 saturated carbocycles. The molecule has 0 saturated heterocycles. The zero-order valence-electron chi connectivity index (χ0n) is 12.4. The van der Waals surface area contributed by atoms with Crippen molar-refractivity contribution in [1.29, 1.82) is 0 Å². The Balaban J connectivity index is 2.02. The molecular formula is C18H18O4. The fourth-order valence-electron chi connectivity index (χ4n) is 2.17. The Morgan fingerprint density at radius 2 is 1.55 bits per heavy atom. The quantitative estimate of drug-likeness (QED) is 0.826. The first-order chi connectivity index (χ1) is 10.6. The summed E-state index contributed by atoms with van der Waals surface area (Å²) >= 11 is 0. The van der Waals surface area contributed by atoms with Crippen LogP contribution in [0.1, 0.15) is 45.2 Å². The van der Waals surface area contributed by atoms with Gasteiger partial charge in [0.2, 0.25) is 0 Å². The van der Waals surface area contributed by atoms with E-state index in [1.807, 2.05) is 24.3 Å². The molecule has 0 amide bonds. The third kappa shape index (κ3) is 3.95. The molecule has 2 aromatic rings. The van der Waals surface area contributed by atoms with Crippen molar-refractivity contribution < 1.29 is 19.4 Å². The van der Waals surface area contributed by atoms with Crippen LogP contribution >= 0.6 is 0 Å². The highest BCUT2D eigenvalue weighted by Gasteiger charge is 2.16. The van der Waals surface area contributed by atoms with E-state index in [4.69, 9.17) is 9.84 Å². The van der Waals surface area contributed by atoms with Gasteiger partial charge in [0.25, 0.3) is 0 Å². The van der Waals surface area contributed by atoms with E-state index in [0.717, 1.165) is 18.4 Å². The van der Waals surface area contributed by atoms with Gasteiger partial charge in [-0.15, -0.1) is 0 Å². The minimum absolute atomic E-state index is 0.0502. The van der Waals surface area contributed by atoms with E-state index in [9.17, 15) is 9.59 Å². The molecule has 2 rings (SSSR count). The van der Waals surface area contributed by atoms with Gasteiger partial charge in [-0.1, -0.05) is 49.7 Å². The molecule has 0 aliphatic carbocycles. The molecule has 0 aromatic heterocycles. The second-order valence-corrected chi connectivity index (χ2v) is 4.99. The molecular weight excluding hydrogens is 280 g/mol. The Morgan fingerprint density at radius 3 is 2.14 bits per heavy atom. The lowest BCUT2D eigenvalue weighted by Crippen LogP contribution is -2.11. The maximum atomic E-state index is 12.0. The summed E-state index contributed by atoms with van der Waals surface area (Å²) in [6, 6.07) is 13.9. The van der Waals surface area contributed by atoms with Crippen LogP contribution in [0.3, 0.4) is 0 Å². The minimum Gasteiger partial charge on any atom is -0.478 e. The van der Waals surface area contributed by atoms with Gasteiger partial charge in [-0.2, -0.15) is 0 Å². The van der Waals surface area contributed by atoms with Crippen molar-refractivity contribution in [2.75, 3.05) is 0 Å². The smallest absolute Gasteiger partial charge is 0.339 e. The first-order valence-corrected chi connectivity index (χ1v) is 7.19. The van der Waals surface area contributed by atoms with Gasteiger partial charge in [-0.05, 0) is 29.7 Å². The van der Waals surface area contributed by atoms with Gasteiger partial charge in [0.15, 0.2) is 0 Å². The van der Waals surface area contributed by atoms with E-state index < -0.39 is 11.9 Å². The average Bonchev–Trinajstić information content (AvgIpc) is 2.54. The van der Waals surface area contributed by atoms with Crippen molar-refractivity contribution in [3.63, 3.8) is 0 Å². The largest absolute Gasteiger partial charge is 0.478 e. The molecule has 0 bridgehead atoms. The lowest BCUT2D eigenvalue weighted by molar-refractivity contribution is 0.0463. The van der Waals surface area contributed by atoms with E-state index in [2.05, 4.69) is 6.92 Å². The number of hydrogen-bond acceptors (Lipinski definition) is 3. The van der Waals surface area contributed by atoms with E-state index in [0.29, 0.717) is 0 Å². The number of carbonyl (C=O) groups is 2. The number of hydrogen-bond donors (Lipinski definition) is 1. The molecule has 4 nitrogen and oxygen atoms in total. The van der Waals surface area contributed by atoms with Crippen molar-refractivity contribution in [1.82, 2.24) is 0 Å². The third-order valence-corrected chi connectivity index (χ3v) is 3.31. The summed E-state index contributed by atoms with van der Waals surface area (Å²) in [5, 5.41) is 9.07. The van der Waals surface area contributed by atoms with Gasteiger partial charge >= 0.3 is 11.9 Å². The van der Waals surface area contributed by atoms with Gasteiger partial charge in [-0.25, -0.2) is 9.59 Å². The molecule has 0 aliphatic heterocycles. The summed E-state index contributed by atoms with van der Waals surface area (Å²) in [6.07, 6.45) is 2.10. The van der Waals surface area contributed by atoms with E-state index >= 15 is 0 Å². The zero-order chi connectivity index (χ0) is 15.9. The molecule has 22 heavy (non-hydrogen) atoms.